The minimum Gasteiger partial charge on any atom is -0.449 e. The van der Waals surface area contributed by atoms with E-state index in [9.17, 15) is 36.3 Å². The third kappa shape index (κ3) is 7.42. The maximum absolute atomic E-state index is 12.8. The summed E-state index contributed by atoms with van der Waals surface area (Å²) in [7, 11) is 0. The number of amides is 2. The number of primary amides is 1. The van der Waals surface area contributed by atoms with Crippen molar-refractivity contribution in [2.24, 2.45) is 5.73 Å². The van der Waals surface area contributed by atoms with Crippen molar-refractivity contribution in [2.45, 2.75) is 50.7 Å². The second-order valence-corrected chi connectivity index (χ2v) is 10.3. The third-order valence-electron chi connectivity index (χ3n) is 6.09. The van der Waals surface area contributed by atoms with Gasteiger partial charge in [0.05, 0.1) is 11.7 Å². The molecule has 16 heteroatoms. The van der Waals surface area contributed by atoms with Crippen LogP contribution in [-0.4, -0.2) is 75.6 Å². The number of rotatable bonds is 9. The van der Waals surface area contributed by atoms with E-state index in [0.29, 0.717) is 13.1 Å². The van der Waals surface area contributed by atoms with Gasteiger partial charge in [-0.05, 0) is 37.7 Å². The fraction of sp³-hybridized carbons (Fsp3) is 0.591. The predicted molar refractivity (Wildman–Crippen MR) is 132 cm³/mol. The Labute approximate surface area is 224 Å². The number of thioether (sulfide) groups is 1. The van der Waals surface area contributed by atoms with Crippen LogP contribution in [0.4, 0.5) is 26.7 Å². The molecule has 1 spiro atoms. The van der Waals surface area contributed by atoms with Crippen LogP contribution >= 0.6 is 24.0 Å². The quantitative estimate of drug-likeness (QED) is 0.130. The first-order chi connectivity index (χ1) is 17.9. The lowest BCUT2D eigenvalue weighted by Crippen LogP contribution is -2.58. The molecule has 2 heterocycles. The standard InChI is InChI=1S/C15H27N3O4S2.C7H2F5NO/c1-3-4-8-18-13(19)12(5-11-23-2)16-15(18)6-9-17(10-7-15)24-22-14(20)21;8-2-1(7(13)14)3(9)5(11)6(12)4(2)10/h12,16H,3-11H2,1-2H3,(H,20,21);(H2,13,14). The Morgan fingerprint density at radius 2 is 1.66 bits per heavy atom. The molecule has 2 aliphatic rings. The van der Waals surface area contributed by atoms with Crippen molar-refractivity contribution in [3.8, 4) is 0 Å². The zero-order valence-corrected chi connectivity index (χ0v) is 22.3. The van der Waals surface area contributed by atoms with E-state index in [1.54, 1.807) is 11.8 Å². The Balaban J connectivity index is 0.000000308. The van der Waals surface area contributed by atoms with Gasteiger partial charge in [0.25, 0.3) is 5.91 Å². The summed E-state index contributed by atoms with van der Waals surface area (Å²) in [5, 5.41) is 12.2. The molecule has 2 fully saturated rings. The Hall–Kier alpha value is -2.30. The minimum absolute atomic E-state index is 0.0937. The van der Waals surface area contributed by atoms with Crippen LogP contribution in [-0.2, 0) is 8.98 Å². The lowest BCUT2D eigenvalue weighted by atomic mass is 9.97. The molecular weight excluding hydrogens is 559 g/mol. The number of nitrogens with two attached hydrogens (primary N) is 1. The lowest BCUT2D eigenvalue weighted by Gasteiger charge is -2.43. The van der Waals surface area contributed by atoms with Crippen molar-refractivity contribution in [1.82, 2.24) is 14.5 Å². The molecule has 214 valence electrons. The number of nitrogens with zero attached hydrogens (tertiary/aromatic N) is 2. The fourth-order valence-corrected chi connectivity index (χ4v) is 5.16. The number of nitrogens with one attached hydrogen (secondary N) is 1. The number of piperidine rings is 1. The third-order valence-corrected chi connectivity index (χ3v) is 7.53. The van der Waals surface area contributed by atoms with Gasteiger partial charge >= 0.3 is 6.16 Å². The first kappa shape index (κ1) is 31.9. The molecule has 9 nitrogen and oxygen atoms in total. The molecule has 1 unspecified atom stereocenters. The molecular formula is C22H29F5N4O5S2. The summed E-state index contributed by atoms with van der Waals surface area (Å²) >= 11 is 2.64. The van der Waals surface area contributed by atoms with Crippen LogP contribution in [0, 0.1) is 29.1 Å². The number of benzene rings is 1. The van der Waals surface area contributed by atoms with Crippen LogP contribution in [0.15, 0.2) is 0 Å². The molecule has 0 saturated carbocycles. The highest BCUT2D eigenvalue weighted by Crippen LogP contribution is 2.35. The van der Waals surface area contributed by atoms with Gasteiger partial charge in [0.1, 0.15) is 5.56 Å². The Kier molecular flexibility index (Phi) is 11.9. The van der Waals surface area contributed by atoms with E-state index in [-0.39, 0.29) is 17.6 Å². The molecule has 1 aromatic rings. The zero-order chi connectivity index (χ0) is 28.6. The molecule has 2 aliphatic heterocycles. The molecule has 2 saturated heterocycles. The van der Waals surface area contributed by atoms with Crippen molar-refractivity contribution in [3.63, 3.8) is 0 Å². The van der Waals surface area contributed by atoms with Gasteiger partial charge in [-0.25, -0.2) is 31.1 Å². The predicted octanol–water partition coefficient (Wildman–Crippen LogP) is 3.87. The van der Waals surface area contributed by atoms with Crippen molar-refractivity contribution in [1.29, 1.82) is 0 Å². The Morgan fingerprint density at radius 3 is 2.13 bits per heavy atom. The average molecular weight is 589 g/mol. The van der Waals surface area contributed by atoms with Crippen molar-refractivity contribution < 1.29 is 45.6 Å². The highest BCUT2D eigenvalue weighted by Gasteiger charge is 2.51. The second kappa shape index (κ2) is 14.2. The van der Waals surface area contributed by atoms with Gasteiger partial charge in [0.15, 0.2) is 35.5 Å². The summed E-state index contributed by atoms with van der Waals surface area (Å²) in [5.41, 5.74) is 2.51. The lowest BCUT2D eigenvalue weighted by molar-refractivity contribution is -0.133. The molecule has 38 heavy (non-hydrogen) atoms. The molecule has 0 aromatic heterocycles. The number of carbonyl (C=O) groups is 3. The van der Waals surface area contributed by atoms with E-state index in [2.05, 4.69) is 28.4 Å². The van der Waals surface area contributed by atoms with Crippen LogP contribution in [0.25, 0.3) is 0 Å². The van der Waals surface area contributed by atoms with Crippen LogP contribution in [0.3, 0.4) is 0 Å². The SMILES string of the molecule is CCCCN1C(=O)C(CCSC)NC12CCN(SOC(=O)O)CC2.NC(=O)c1c(F)c(F)c(F)c(F)c1F. The van der Waals surface area contributed by atoms with Crippen molar-refractivity contribution >= 4 is 42.0 Å². The molecule has 2 amide bonds. The number of hydrogen-bond donors (Lipinski definition) is 3. The first-order valence-corrected chi connectivity index (χ1v) is 13.7. The summed E-state index contributed by atoms with van der Waals surface area (Å²) in [6.45, 7) is 4.30. The van der Waals surface area contributed by atoms with Gasteiger partial charge < -0.3 is 19.9 Å². The average Bonchev–Trinajstić information content (AvgIpc) is 3.13. The summed E-state index contributed by atoms with van der Waals surface area (Å²) in [6, 6.07) is -0.0937. The summed E-state index contributed by atoms with van der Waals surface area (Å²) in [4.78, 5) is 35.7. The monoisotopic (exact) mass is 588 g/mol. The van der Waals surface area contributed by atoms with Gasteiger partial charge in [0, 0.05) is 19.6 Å². The van der Waals surface area contributed by atoms with Crippen molar-refractivity contribution in [3.05, 3.63) is 34.6 Å². The largest absolute Gasteiger partial charge is 0.519 e. The van der Waals surface area contributed by atoms with Crippen LogP contribution in [0.2, 0.25) is 0 Å². The fourth-order valence-electron chi connectivity index (χ4n) is 4.19. The number of unbranched alkanes of at least 4 members (excludes halogenated alkanes) is 1. The first-order valence-electron chi connectivity index (χ1n) is 11.6. The minimum atomic E-state index is -2.33. The molecule has 4 N–H and O–H groups in total. The normalized spacial score (nSPS) is 18.9. The second-order valence-electron chi connectivity index (χ2n) is 8.52. The van der Waals surface area contributed by atoms with Gasteiger partial charge in [-0.3, -0.25) is 14.9 Å². The van der Waals surface area contributed by atoms with E-state index in [4.69, 9.17) is 5.11 Å². The summed E-state index contributed by atoms with van der Waals surface area (Å²) < 4.78 is 68.9. The smallest absolute Gasteiger partial charge is 0.449 e. The number of hydrogen-bond acceptors (Lipinski definition) is 8. The van der Waals surface area contributed by atoms with E-state index >= 15 is 0 Å². The molecule has 0 radical (unpaired) electrons. The Morgan fingerprint density at radius 1 is 1.11 bits per heavy atom. The maximum atomic E-state index is 12.8. The van der Waals surface area contributed by atoms with E-state index in [1.807, 2.05) is 9.21 Å². The summed E-state index contributed by atoms with van der Waals surface area (Å²) in [6.07, 6.45) is 5.26. The van der Waals surface area contributed by atoms with E-state index in [0.717, 1.165) is 56.6 Å². The van der Waals surface area contributed by atoms with E-state index < -0.39 is 46.7 Å². The molecule has 0 bridgehead atoms. The molecule has 1 atom stereocenters. The van der Waals surface area contributed by atoms with Gasteiger partial charge in [-0.1, -0.05) is 13.3 Å². The van der Waals surface area contributed by atoms with Gasteiger partial charge in [-0.2, -0.15) is 11.8 Å². The summed E-state index contributed by atoms with van der Waals surface area (Å²) in [5.74, 6) is -11.7. The molecule has 0 aliphatic carbocycles. The molecule has 1 aromatic carbocycles. The number of halogens is 5. The van der Waals surface area contributed by atoms with Gasteiger partial charge in [-0.15, -0.1) is 0 Å². The molecule has 3 rings (SSSR count). The highest BCUT2D eigenvalue weighted by molar-refractivity contribution is 7.98. The van der Waals surface area contributed by atoms with Gasteiger partial charge in [0.2, 0.25) is 11.7 Å². The zero-order valence-electron chi connectivity index (χ0n) is 20.7. The van der Waals surface area contributed by atoms with Crippen molar-refractivity contribution in [2.75, 3.05) is 31.6 Å². The number of carbonyl (C=O) groups excluding carboxylic acids is 2. The van der Waals surface area contributed by atoms with Crippen LogP contribution in [0.1, 0.15) is 49.4 Å². The van der Waals surface area contributed by atoms with Crippen LogP contribution < -0.4 is 11.1 Å². The number of carboxylic acid groups (broad SMARTS) is 1. The van der Waals surface area contributed by atoms with Crippen LogP contribution in [0.5, 0.6) is 0 Å². The maximum Gasteiger partial charge on any atom is 0.519 e. The Bertz CT molecular complexity index is 1000. The topological polar surface area (TPSA) is 125 Å². The highest BCUT2D eigenvalue weighted by atomic mass is 32.2. The van der Waals surface area contributed by atoms with E-state index in [1.165, 1.54) is 0 Å².